The molecule has 0 saturated carbocycles. The summed E-state index contributed by atoms with van der Waals surface area (Å²) in [5.41, 5.74) is 2.05. The van der Waals surface area contributed by atoms with E-state index in [0.29, 0.717) is 0 Å². The van der Waals surface area contributed by atoms with Crippen LogP contribution in [0.25, 0.3) is 0 Å². The second-order valence-corrected chi connectivity index (χ2v) is 7.86. The van der Waals surface area contributed by atoms with Crippen molar-refractivity contribution >= 4 is 32.4 Å². The van der Waals surface area contributed by atoms with E-state index in [1.165, 1.54) is 12.5 Å². The Hall–Kier alpha value is -1.84. The Morgan fingerprint density at radius 1 is 1.26 bits per heavy atom. The molecule has 1 atom stereocenters. The van der Waals surface area contributed by atoms with E-state index < -0.39 is 16.1 Å². The summed E-state index contributed by atoms with van der Waals surface area (Å²) in [6.45, 7) is 5.13. The third kappa shape index (κ3) is 4.57. The lowest BCUT2D eigenvalue weighted by molar-refractivity contribution is -0.114. The van der Waals surface area contributed by atoms with Gasteiger partial charge in [0.05, 0.1) is 0 Å². The maximum Gasteiger partial charge on any atom is 0.270 e. The van der Waals surface area contributed by atoms with Gasteiger partial charge in [0.1, 0.15) is 0 Å². The SMILES string of the molecule is CCc1ccc([C@@H](C)NS(=O)(=O)c2nnc(NC(C)=O)s2)cc1. The van der Waals surface area contributed by atoms with Crippen LogP contribution >= 0.6 is 11.3 Å². The zero-order valence-corrected chi connectivity index (χ0v) is 14.7. The Morgan fingerprint density at radius 3 is 2.48 bits per heavy atom. The van der Waals surface area contributed by atoms with Crippen molar-refractivity contribution in [3.8, 4) is 0 Å². The largest absolute Gasteiger partial charge is 0.301 e. The van der Waals surface area contributed by atoms with Gasteiger partial charge in [0.15, 0.2) is 0 Å². The lowest BCUT2D eigenvalue weighted by Gasteiger charge is -2.13. The summed E-state index contributed by atoms with van der Waals surface area (Å²) in [5.74, 6) is -0.331. The van der Waals surface area contributed by atoms with Crippen LogP contribution in [0.15, 0.2) is 28.6 Å². The minimum absolute atomic E-state index is 0.151. The standard InChI is InChI=1S/C14H18N4O3S2/c1-4-11-5-7-12(8-6-11)9(2)18-23(20,21)14-17-16-13(22-14)15-10(3)19/h5-9,18H,4H2,1-3H3,(H,15,16,19)/t9-/m1/s1. The van der Waals surface area contributed by atoms with Gasteiger partial charge in [-0.25, -0.2) is 13.1 Å². The summed E-state index contributed by atoms with van der Waals surface area (Å²) in [7, 11) is -3.79. The summed E-state index contributed by atoms with van der Waals surface area (Å²) in [6.07, 6.45) is 0.928. The molecule has 1 aromatic heterocycles. The molecule has 2 N–H and O–H groups in total. The van der Waals surface area contributed by atoms with Crippen LogP contribution < -0.4 is 10.0 Å². The number of aryl methyl sites for hydroxylation is 1. The number of rotatable bonds is 6. The molecule has 0 aliphatic carbocycles. The van der Waals surface area contributed by atoms with Gasteiger partial charge < -0.3 is 5.32 Å². The van der Waals surface area contributed by atoms with Crippen LogP contribution in [0.2, 0.25) is 0 Å². The Kier molecular flexibility index (Phi) is 5.45. The first-order valence-corrected chi connectivity index (χ1v) is 9.34. The van der Waals surface area contributed by atoms with Crippen molar-refractivity contribution in [3.05, 3.63) is 35.4 Å². The fourth-order valence-corrected chi connectivity index (χ4v) is 4.11. The van der Waals surface area contributed by atoms with E-state index >= 15 is 0 Å². The highest BCUT2D eigenvalue weighted by atomic mass is 32.2. The molecule has 0 aliphatic rings. The van der Waals surface area contributed by atoms with Gasteiger partial charge in [-0.15, -0.1) is 10.2 Å². The predicted octanol–water partition coefficient (Wildman–Crippen LogP) is 2.10. The van der Waals surface area contributed by atoms with Crippen LogP contribution in [-0.2, 0) is 21.2 Å². The molecule has 0 aliphatic heterocycles. The molecule has 1 amide bonds. The summed E-state index contributed by atoms with van der Waals surface area (Å²) < 4.78 is 27.0. The van der Waals surface area contributed by atoms with Gasteiger partial charge in [0.25, 0.3) is 10.0 Å². The smallest absolute Gasteiger partial charge is 0.270 e. The number of anilines is 1. The van der Waals surface area contributed by atoms with Crippen molar-refractivity contribution in [1.82, 2.24) is 14.9 Å². The highest BCUT2D eigenvalue weighted by Crippen LogP contribution is 2.22. The Morgan fingerprint density at radius 2 is 1.91 bits per heavy atom. The van der Waals surface area contributed by atoms with Gasteiger partial charge >= 0.3 is 0 Å². The fraction of sp³-hybridized carbons (Fsp3) is 0.357. The molecule has 9 heteroatoms. The lowest BCUT2D eigenvalue weighted by atomic mass is 10.1. The second-order valence-electron chi connectivity index (χ2n) is 4.99. The fourth-order valence-electron chi connectivity index (χ4n) is 1.91. The number of hydrogen-bond donors (Lipinski definition) is 2. The summed E-state index contributed by atoms with van der Waals surface area (Å²) in [4.78, 5) is 10.9. The zero-order valence-electron chi connectivity index (χ0n) is 13.0. The number of sulfonamides is 1. The molecule has 1 aromatic carbocycles. The lowest BCUT2D eigenvalue weighted by Crippen LogP contribution is -2.26. The minimum atomic E-state index is -3.79. The van der Waals surface area contributed by atoms with Crippen molar-refractivity contribution < 1.29 is 13.2 Å². The normalized spacial score (nSPS) is 12.8. The summed E-state index contributed by atoms with van der Waals surface area (Å²) in [6, 6.07) is 7.34. The molecule has 2 rings (SSSR count). The zero-order chi connectivity index (χ0) is 17.0. The Labute approximate surface area is 139 Å². The number of aromatic nitrogens is 2. The third-order valence-corrected chi connectivity index (χ3v) is 5.89. The number of nitrogens with zero attached hydrogens (tertiary/aromatic N) is 2. The maximum atomic E-state index is 12.3. The first-order valence-electron chi connectivity index (χ1n) is 7.04. The molecular weight excluding hydrogens is 336 g/mol. The average Bonchev–Trinajstić information content (AvgIpc) is 2.95. The third-order valence-electron chi connectivity index (χ3n) is 3.14. The molecule has 23 heavy (non-hydrogen) atoms. The first kappa shape index (κ1) is 17.5. The highest BCUT2D eigenvalue weighted by molar-refractivity contribution is 7.91. The van der Waals surface area contributed by atoms with Crippen molar-refractivity contribution in [3.63, 3.8) is 0 Å². The van der Waals surface area contributed by atoms with E-state index in [1.807, 2.05) is 24.3 Å². The molecule has 2 aromatic rings. The molecule has 0 radical (unpaired) electrons. The number of hydrogen-bond acceptors (Lipinski definition) is 6. The van der Waals surface area contributed by atoms with E-state index in [0.717, 1.165) is 23.3 Å². The van der Waals surface area contributed by atoms with Crippen molar-refractivity contribution in [2.24, 2.45) is 0 Å². The number of carbonyl (C=O) groups excluding carboxylic acids is 1. The van der Waals surface area contributed by atoms with E-state index in [4.69, 9.17) is 0 Å². The van der Waals surface area contributed by atoms with Crippen molar-refractivity contribution in [2.75, 3.05) is 5.32 Å². The molecule has 124 valence electrons. The monoisotopic (exact) mass is 354 g/mol. The highest BCUT2D eigenvalue weighted by Gasteiger charge is 2.23. The minimum Gasteiger partial charge on any atom is -0.301 e. The topological polar surface area (TPSA) is 101 Å². The Bertz CT molecular complexity index is 785. The van der Waals surface area contributed by atoms with Gasteiger partial charge in [-0.05, 0) is 24.5 Å². The van der Waals surface area contributed by atoms with E-state index in [1.54, 1.807) is 6.92 Å². The van der Waals surface area contributed by atoms with Gasteiger partial charge in [-0.2, -0.15) is 0 Å². The molecule has 0 unspecified atom stereocenters. The van der Waals surface area contributed by atoms with Crippen LogP contribution in [0.4, 0.5) is 5.13 Å². The van der Waals surface area contributed by atoms with Gasteiger partial charge in [0.2, 0.25) is 15.4 Å². The molecule has 0 fully saturated rings. The van der Waals surface area contributed by atoms with E-state index in [9.17, 15) is 13.2 Å². The number of amides is 1. The number of benzene rings is 1. The molecular formula is C14H18N4O3S2. The maximum absolute atomic E-state index is 12.3. The van der Waals surface area contributed by atoms with Crippen molar-refractivity contribution in [1.29, 1.82) is 0 Å². The van der Waals surface area contributed by atoms with Gasteiger partial charge in [0, 0.05) is 13.0 Å². The van der Waals surface area contributed by atoms with Crippen LogP contribution in [0, 0.1) is 0 Å². The predicted molar refractivity (Wildman–Crippen MR) is 88.8 cm³/mol. The van der Waals surface area contributed by atoms with Crippen molar-refractivity contribution in [2.45, 2.75) is 37.6 Å². The van der Waals surface area contributed by atoms with Crippen LogP contribution in [0.3, 0.4) is 0 Å². The molecule has 0 saturated heterocycles. The number of nitrogens with one attached hydrogen (secondary N) is 2. The van der Waals surface area contributed by atoms with Gasteiger partial charge in [-0.3, -0.25) is 4.79 Å². The first-order chi connectivity index (χ1) is 10.8. The number of carbonyl (C=O) groups is 1. The summed E-state index contributed by atoms with van der Waals surface area (Å²) in [5, 5.41) is 9.82. The van der Waals surface area contributed by atoms with Gasteiger partial charge in [-0.1, -0.05) is 42.5 Å². The quantitative estimate of drug-likeness (QED) is 0.774. The van der Waals surface area contributed by atoms with E-state index in [2.05, 4.69) is 27.2 Å². The molecule has 1 heterocycles. The second kappa shape index (κ2) is 7.16. The average molecular weight is 354 g/mol. The summed E-state index contributed by atoms with van der Waals surface area (Å²) >= 11 is 0.807. The van der Waals surface area contributed by atoms with Crippen LogP contribution in [-0.4, -0.2) is 24.5 Å². The van der Waals surface area contributed by atoms with Crippen LogP contribution in [0.1, 0.15) is 37.9 Å². The Balaban J connectivity index is 2.13. The van der Waals surface area contributed by atoms with E-state index in [-0.39, 0.29) is 15.4 Å². The molecule has 7 nitrogen and oxygen atoms in total. The van der Waals surface area contributed by atoms with Crippen LogP contribution in [0.5, 0.6) is 0 Å². The molecule has 0 bridgehead atoms. The molecule has 0 spiro atoms.